The summed E-state index contributed by atoms with van der Waals surface area (Å²) in [7, 11) is 1.69. The van der Waals surface area contributed by atoms with E-state index >= 15 is 0 Å². The Morgan fingerprint density at radius 1 is 1.13 bits per heavy atom. The van der Waals surface area contributed by atoms with Gasteiger partial charge in [-0.05, 0) is 39.0 Å². The zero-order chi connectivity index (χ0) is 16.9. The minimum Gasteiger partial charge on any atom is -0.391 e. The molecule has 2 aromatic rings. The van der Waals surface area contributed by atoms with E-state index in [1.807, 2.05) is 32.9 Å². The van der Waals surface area contributed by atoms with Gasteiger partial charge in [-0.15, -0.1) is 0 Å². The average Bonchev–Trinajstić information content (AvgIpc) is 2.53. The summed E-state index contributed by atoms with van der Waals surface area (Å²) in [5.41, 5.74) is 1.25. The van der Waals surface area contributed by atoms with E-state index < -0.39 is 6.09 Å². The van der Waals surface area contributed by atoms with Crippen molar-refractivity contribution in [3.05, 3.63) is 54.0 Å². The number of carbonyl (C=O) groups is 1. The molecule has 0 bridgehead atoms. The van der Waals surface area contributed by atoms with Crippen LogP contribution in [0.4, 0.5) is 4.79 Å². The minimum absolute atomic E-state index is 0.248. The fourth-order valence-corrected chi connectivity index (χ4v) is 1.53. The van der Waals surface area contributed by atoms with Crippen LogP contribution in [-0.4, -0.2) is 33.5 Å². The molecule has 0 fully saturated rings. The van der Waals surface area contributed by atoms with Crippen LogP contribution in [0, 0.1) is 11.8 Å². The molecule has 2 rings (SSSR count). The predicted octanol–water partition coefficient (Wildman–Crippen LogP) is 3.11. The Kier molecular flexibility index (Phi) is 4.97. The van der Waals surface area contributed by atoms with Gasteiger partial charge in [0.25, 0.3) is 0 Å². The minimum atomic E-state index is -0.445. The molecule has 0 aliphatic heterocycles. The molecule has 0 atom stereocenters. The first kappa shape index (κ1) is 16.5. The maximum atomic E-state index is 12.0. The van der Waals surface area contributed by atoms with Gasteiger partial charge < -0.3 is 9.64 Å². The summed E-state index contributed by atoms with van der Waals surface area (Å²) in [6.45, 7) is 5.79. The number of amides is 1. The molecule has 0 spiro atoms. The van der Waals surface area contributed by atoms with Gasteiger partial charge in [-0.1, -0.05) is 11.8 Å². The van der Waals surface area contributed by atoms with E-state index in [9.17, 15) is 4.79 Å². The third-order valence-electron chi connectivity index (χ3n) is 3.22. The Balaban J connectivity index is 2.03. The highest BCUT2D eigenvalue weighted by atomic mass is 16.6. The van der Waals surface area contributed by atoms with Crippen molar-refractivity contribution >= 4 is 6.09 Å². The molecule has 0 aliphatic carbocycles. The van der Waals surface area contributed by atoms with Crippen LogP contribution in [0.5, 0.6) is 5.88 Å². The number of hydrogen-bond donors (Lipinski definition) is 0. The topological polar surface area (TPSA) is 55.3 Å². The van der Waals surface area contributed by atoms with Crippen LogP contribution in [0.2, 0.25) is 0 Å². The molecule has 0 radical (unpaired) electrons. The van der Waals surface area contributed by atoms with Crippen LogP contribution < -0.4 is 4.74 Å². The number of pyridine rings is 2. The largest absolute Gasteiger partial charge is 0.416 e. The van der Waals surface area contributed by atoms with Gasteiger partial charge in [0.15, 0.2) is 0 Å². The molecular weight excluding hydrogens is 290 g/mol. The smallest absolute Gasteiger partial charge is 0.391 e. The third-order valence-corrected chi connectivity index (χ3v) is 3.22. The Labute approximate surface area is 136 Å². The molecule has 0 saturated heterocycles. The van der Waals surface area contributed by atoms with Crippen molar-refractivity contribution in [1.29, 1.82) is 0 Å². The van der Waals surface area contributed by atoms with E-state index in [-0.39, 0.29) is 11.4 Å². The van der Waals surface area contributed by atoms with E-state index in [2.05, 4.69) is 21.8 Å². The van der Waals surface area contributed by atoms with Crippen molar-refractivity contribution in [2.45, 2.75) is 26.3 Å². The van der Waals surface area contributed by atoms with Gasteiger partial charge in [-0.2, -0.15) is 0 Å². The molecule has 0 N–H and O–H groups in total. The first-order valence-electron chi connectivity index (χ1n) is 7.20. The van der Waals surface area contributed by atoms with Crippen molar-refractivity contribution in [2.24, 2.45) is 0 Å². The van der Waals surface area contributed by atoms with Crippen LogP contribution >= 0.6 is 0 Å². The summed E-state index contributed by atoms with van der Waals surface area (Å²) in [5, 5.41) is 0. The van der Waals surface area contributed by atoms with Gasteiger partial charge in [0.2, 0.25) is 5.88 Å². The summed E-state index contributed by atoms with van der Waals surface area (Å²) in [5.74, 6) is 6.22. The van der Waals surface area contributed by atoms with Crippen LogP contribution in [-0.2, 0) is 0 Å². The van der Waals surface area contributed by atoms with Crippen molar-refractivity contribution in [1.82, 2.24) is 14.9 Å². The van der Waals surface area contributed by atoms with Crippen molar-refractivity contribution in [3.63, 3.8) is 0 Å². The highest BCUT2D eigenvalue weighted by molar-refractivity contribution is 5.70. The summed E-state index contributed by atoms with van der Waals surface area (Å²) in [6.07, 6.45) is 4.52. The van der Waals surface area contributed by atoms with E-state index in [4.69, 9.17) is 4.74 Å². The molecule has 0 saturated carbocycles. The predicted molar refractivity (Wildman–Crippen MR) is 88.0 cm³/mol. The third kappa shape index (κ3) is 4.82. The Hall–Kier alpha value is -2.87. The van der Waals surface area contributed by atoms with Gasteiger partial charge >= 0.3 is 6.09 Å². The number of aromatic nitrogens is 2. The molecule has 5 nitrogen and oxygen atoms in total. The maximum absolute atomic E-state index is 12.0. The Morgan fingerprint density at radius 2 is 1.83 bits per heavy atom. The highest BCUT2D eigenvalue weighted by Gasteiger charge is 2.24. The maximum Gasteiger partial charge on any atom is 0.416 e. The van der Waals surface area contributed by atoms with E-state index in [1.165, 1.54) is 4.90 Å². The number of ether oxygens (including phenoxy) is 1. The van der Waals surface area contributed by atoms with E-state index in [0.29, 0.717) is 0 Å². The monoisotopic (exact) mass is 309 g/mol. The Bertz CT molecular complexity index is 723. The normalized spacial score (nSPS) is 10.4. The molecule has 0 aromatic carbocycles. The summed E-state index contributed by atoms with van der Waals surface area (Å²) < 4.78 is 5.24. The van der Waals surface area contributed by atoms with Gasteiger partial charge in [-0.25, -0.2) is 9.78 Å². The fraction of sp³-hybridized carbons (Fsp3) is 0.278. The lowest BCUT2D eigenvalue weighted by Crippen LogP contribution is -2.44. The molecule has 2 heterocycles. The average molecular weight is 309 g/mol. The summed E-state index contributed by atoms with van der Waals surface area (Å²) >= 11 is 0. The number of hydrogen-bond acceptors (Lipinski definition) is 4. The molecule has 5 heteroatoms. The summed E-state index contributed by atoms with van der Waals surface area (Å²) in [6, 6.07) is 7.10. The number of rotatable bonds is 1. The first-order chi connectivity index (χ1) is 10.9. The van der Waals surface area contributed by atoms with Crippen molar-refractivity contribution in [3.8, 4) is 17.7 Å². The molecule has 118 valence electrons. The standard InChI is InChI=1S/C18H19N3O2/c1-18(2,3)21(4)17(22)23-16-10-9-15(13-20-16)8-7-14-6-5-11-19-12-14/h5-6,9-13H,1-4H3. The van der Waals surface area contributed by atoms with Gasteiger partial charge in [0, 0.05) is 48.4 Å². The molecule has 1 amide bonds. The zero-order valence-electron chi connectivity index (χ0n) is 13.7. The van der Waals surface area contributed by atoms with Crippen LogP contribution in [0.15, 0.2) is 42.9 Å². The second-order valence-electron chi connectivity index (χ2n) is 5.97. The van der Waals surface area contributed by atoms with Gasteiger partial charge in [0.1, 0.15) is 0 Å². The second-order valence-corrected chi connectivity index (χ2v) is 5.97. The number of nitrogens with zero attached hydrogens (tertiary/aromatic N) is 3. The fourth-order valence-electron chi connectivity index (χ4n) is 1.53. The molecular formula is C18H19N3O2. The lowest BCUT2D eigenvalue weighted by Gasteiger charge is -2.30. The SMILES string of the molecule is CN(C(=O)Oc1ccc(C#Cc2cccnc2)cn1)C(C)(C)C. The molecule has 2 aromatic heterocycles. The molecule has 0 aliphatic rings. The summed E-state index contributed by atoms with van der Waals surface area (Å²) in [4.78, 5) is 21.6. The van der Waals surface area contributed by atoms with Gasteiger partial charge in [0.05, 0.1) is 0 Å². The van der Waals surface area contributed by atoms with Crippen molar-refractivity contribution < 1.29 is 9.53 Å². The molecule has 23 heavy (non-hydrogen) atoms. The van der Waals surface area contributed by atoms with E-state index in [1.54, 1.807) is 37.8 Å². The van der Waals surface area contributed by atoms with Crippen molar-refractivity contribution in [2.75, 3.05) is 7.05 Å². The lowest BCUT2D eigenvalue weighted by atomic mass is 10.1. The molecule has 0 unspecified atom stereocenters. The van der Waals surface area contributed by atoms with Crippen LogP contribution in [0.1, 0.15) is 31.9 Å². The zero-order valence-corrected chi connectivity index (χ0v) is 13.7. The number of carbonyl (C=O) groups excluding carboxylic acids is 1. The first-order valence-corrected chi connectivity index (χ1v) is 7.20. The highest BCUT2D eigenvalue weighted by Crippen LogP contribution is 2.14. The van der Waals surface area contributed by atoms with Gasteiger partial charge in [-0.3, -0.25) is 4.98 Å². The van der Waals surface area contributed by atoms with Crippen LogP contribution in [0.3, 0.4) is 0 Å². The second kappa shape index (κ2) is 6.93. The van der Waals surface area contributed by atoms with E-state index in [0.717, 1.165) is 11.1 Å². The Morgan fingerprint density at radius 3 is 2.35 bits per heavy atom. The lowest BCUT2D eigenvalue weighted by molar-refractivity contribution is 0.123. The van der Waals surface area contributed by atoms with Crippen LogP contribution in [0.25, 0.3) is 0 Å². The quantitative estimate of drug-likeness (QED) is 0.760.